The van der Waals surface area contributed by atoms with Gasteiger partial charge in [0.2, 0.25) is 0 Å². The molecule has 0 fully saturated rings. The average molecular weight is 431 g/mol. The molecule has 156 valence electrons. The van der Waals surface area contributed by atoms with Crippen LogP contribution in [0.1, 0.15) is 18.1 Å². The van der Waals surface area contributed by atoms with Crippen LogP contribution in [0, 0.1) is 0 Å². The van der Waals surface area contributed by atoms with E-state index in [9.17, 15) is 9.59 Å². The minimum Gasteiger partial charge on any atom is -0.337 e. The van der Waals surface area contributed by atoms with Crippen LogP contribution in [-0.4, -0.2) is 29.8 Å². The molecule has 3 aromatic carbocycles. The van der Waals surface area contributed by atoms with Gasteiger partial charge in [-0.25, -0.2) is 0 Å². The summed E-state index contributed by atoms with van der Waals surface area (Å²) in [6, 6.07) is 26.6. The molecule has 0 saturated carbocycles. The van der Waals surface area contributed by atoms with Crippen LogP contribution in [0.25, 0.3) is 5.57 Å². The summed E-state index contributed by atoms with van der Waals surface area (Å²) in [5.41, 5.74) is 3.47. The molecule has 0 aromatic heterocycles. The van der Waals surface area contributed by atoms with Crippen molar-refractivity contribution in [1.82, 2.24) is 4.90 Å². The van der Waals surface area contributed by atoms with Gasteiger partial charge in [0.15, 0.2) is 0 Å². The predicted molar refractivity (Wildman–Crippen MR) is 125 cm³/mol. The number of benzene rings is 3. The zero-order valence-electron chi connectivity index (χ0n) is 17.3. The number of para-hydroxylation sites is 1. The molecule has 4 nitrogen and oxygen atoms in total. The molecule has 1 aliphatic rings. The molecule has 0 unspecified atom stereocenters. The highest BCUT2D eigenvalue weighted by Gasteiger charge is 2.41. The summed E-state index contributed by atoms with van der Waals surface area (Å²) in [4.78, 5) is 30.3. The maximum absolute atomic E-state index is 13.5. The van der Waals surface area contributed by atoms with E-state index in [-0.39, 0.29) is 11.8 Å². The summed E-state index contributed by atoms with van der Waals surface area (Å²) in [5.74, 6) is -0.538. The number of amides is 2. The Balaban J connectivity index is 1.75. The minimum atomic E-state index is -0.271. The molecule has 0 N–H and O–H groups in total. The number of carbonyl (C=O) groups is 2. The smallest absolute Gasteiger partial charge is 0.278 e. The maximum Gasteiger partial charge on any atom is 0.278 e. The largest absolute Gasteiger partial charge is 0.337 e. The van der Waals surface area contributed by atoms with E-state index in [0.29, 0.717) is 41.4 Å². The second-order valence-corrected chi connectivity index (χ2v) is 7.74. The zero-order chi connectivity index (χ0) is 21.8. The summed E-state index contributed by atoms with van der Waals surface area (Å²) < 4.78 is 0. The monoisotopic (exact) mass is 430 g/mol. The van der Waals surface area contributed by atoms with Crippen LogP contribution >= 0.6 is 11.6 Å². The van der Waals surface area contributed by atoms with Gasteiger partial charge >= 0.3 is 0 Å². The van der Waals surface area contributed by atoms with E-state index in [1.54, 1.807) is 24.3 Å². The van der Waals surface area contributed by atoms with Crippen LogP contribution in [0.4, 0.5) is 5.69 Å². The third-order valence-corrected chi connectivity index (χ3v) is 5.65. The molecule has 0 bridgehead atoms. The molecule has 31 heavy (non-hydrogen) atoms. The summed E-state index contributed by atoms with van der Waals surface area (Å²) in [6.45, 7) is 2.86. The van der Waals surface area contributed by atoms with Gasteiger partial charge in [-0.1, -0.05) is 72.3 Å². The van der Waals surface area contributed by atoms with Crippen molar-refractivity contribution < 1.29 is 9.59 Å². The zero-order valence-corrected chi connectivity index (χ0v) is 18.0. The van der Waals surface area contributed by atoms with Gasteiger partial charge in [0.05, 0.1) is 5.57 Å². The molecule has 1 heterocycles. The fraction of sp³-hybridized carbons (Fsp3) is 0.154. The van der Waals surface area contributed by atoms with Crippen molar-refractivity contribution in [3.8, 4) is 0 Å². The van der Waals surface area contributed by atoms with Crippen molar-refractivity contribution in [2.45, 2.75) is 13.3 Å². The van der Waals surface area contributed by atoms with Crippen LogP contribution in [0.2, 0.25) is 5.02 Å². The highest BCUT2D eigenvalue weighted by molar-refractivity contribution is 6.37. The number of halogens is 1. The van der Waals surface area contributed by atoms with Gasteiger partial charge in [0, 0.05) is 23.8 Å². The van der Waals surface area contributed by atoms with Gasteiger partial charge in [-0.15, -0.1) is 0 Å². The van der Waals surface area contributed by atoms with Gasteiger partial charge in [0.1, 0.15) is 5.70 Å². The second-order valence-electron chi connectivity index (χ2n) is 7.31. The van der Waals surface area contributed by atoms with E-state index in [2.05, 4.69) is 0 Å². The lowest BCUT2D eigenvalue weighted by atomic mass is 10.0. The van der Waals surface area contributed by atoms with Crippen molar-refractivity contribution in [2.75, 3.05) is 18.0 Å². The molecule has 3 aromatic rings. The van der Waals surface area contributed by atoms with Gasteiger partial charge in [-0.3, -0.25) is 14.5 Å². The molecule has 0 radical (unpaired) electrons. The molecule has 0 saturated heterocycles. The third-order valence-electron chi connectivity index (χ3n) is 5.40. The number of likely N-dealkylation sites (N-methyl/N-ethyl adjacent to an activating group) is 1. The highest BCUT2D eigenvalue weighted by atomic mass is 35.5. The summed E-state index contributed by atoms with van der Waals surface area (Å²) in [5, 5.41) is 0.582. The van der Waals surface area contributed by atoms with Gasteiger partial charge in [-0.2, -0.15) is 0 Å². The van der Waals surface area contributed by atoms with Crippen LogP contribution in [0.15, 0.2) is 90.6 Å². The number of imide groups is 1. The van der Waals surface area contributed by atoms with E-state index in [4.69, 9.17) is 11.6 Å². The lowest BCUT2D eigenvalue weighted by molar-refractivity contribution is -0.136. The van der Waals surface area contributed by atoms with E-state index in [0.717, 1.165) is 11.3 Å². The molecule has 1 aliphatic heterocycles. The fourth-order valence-electron chi connectivity index (χ4n) is 3.86. The van der Waals surface area contributed by atoms with Crippen LogP contribution < -0.4 is 4.90 Å². The molecular weight excluding hydrogens is 408 g/mol. The number of hydrogen-bond acceptors (Lipinski definition) is 3. The topological polar surface area (TPSA) is 40.6 Å². The third kappa shape index (κ3) is 4.25. The van der Waals surface area contributed by atoms with Gasteiger partial charge in [-0.05, 0) is 48.7 Å². The first-order chi connectivity index (χ1) is 15.1. The first-order valence-corrected chi connectivity index (χ1v) is 10.7. The van der Waals surface area contributed by atoms with Gasteiger partial charge < -0.3 is 4.90 Å². The molecular formula is C26H23ClN2O2. The van der Waals surface area contributed by atoms with Crippen LogP contribution in [0.3, 0.4) is 0 Å². The number of carbonyl (C=O) groups excluding carboxylic acids is 2. The lowest BCUT2D eigenvalue weighted by Gasteiger charge is -2.25. The number of rotatable bonds is 7. The van der Waals surface area contributed by atoms with E-state index >= 15 is 0 Å². The molecule has 4 rings (SSSR count). The minimum absolute atomic E-state index is 0.267. The Morgan fingerprint density at radius 1 is 0.806 bits per heavy atom. The van der Waals surface area contributed by atoms with Gasteiger partial charge in [0.25, 0.3) is 11.8 Å². The molecule has 5 heteroatoms. The Morgan fingerprint density at radius 2 is 1.42 bits per heavy atom. The Morgan fingerprint density at radius 3 is 2.03 bits per heavy atom. The number of nitrogens with zero attached hydrogens (tertiary/aromatic N) is 2. The fourth-order valence-corrected chi connectivity index (χ4v) is 3.98. The number of hydrogen-bond donors (Lipinski definition) is 0. The van der Waals surface area contributed by atoms with Crippen LogP contribution in [0.5, 0.6) is 0 Å². The lowest BCUT2D eigenvalue weighted by Crippen LogP contribution is -2.36. The first kappa shape index (κ1) is 20.9. The van der Waals surface area contributed by atoms with Crippen LogP contribution in [-0.2, 0) is 16.0 Å². The van der Waals surface area contributed by atoms with Crippen molar-refractivity contribution in [3.63, 3.8) is 0 Å². The summed E-state index contributed by atoms with van der Waals surface area (Å²) >= 11 is 6.06. The SMILES string of the molecule is CCN(C1=C(c2ccc(Cl)cc2)C(=O)N(CCc2ccccc2)C1=O)c1ccccc1. The first-order valence-electron chi connectivity index (χ1n) is 10.3. The second kappa shape index (κ2) is 9.19. The normalized spacial score (nSPS) is 13.8. The standard InChI is InChI=1S/C26H23ClN2O2/c1-2-28(22-11-7-4-8-12-22)24-23(20-13-15-21(27)16-14-20)25(30)29(26(24)31)18-17-19-9-5-3-6-10-19/h3-16H,2,17-18H2,1H3. The predicted octanol–water partition coefficient (Wildman–Crippen LogP) is 5.19. The Bertz CT molecular complexity index is 1110. The highest BCUT2D eigenvalue weighted by Crippen LogP contribution is 2.34. The van der Waals surface area contributed by atoms with Crippen molar-refractivity contribution in [3.05, 3.63) is 107 Å². The van der Waals surface area contributed by atoms with Crippen molar-refractivity contribution in [2.24, 2.45) is 0 Å². The number of anilines is 1. The molecule has 2 amide bonds. The Hall–Kier alpha value is -3.37. The quantitative estimate of drug-likeness (QED) is 0.484. The molecule has 0 atom stereocenters. The van der Waals surface area contributed by atoms with Crippen molar-refractivity contribution >= 4 is 34.7 Å². The van der Waals surface area contributed by atoms with Crippen molar-refractivity contribution in [1.29, 1.82) is 0 Å². The Labute approximate surface area is 187 Å². The Kier molecular flexibility index (Phi) is 6.19. The maximum atomic E-state index is 13.5. The van der Waals surface area contributed by atoms with E-state index in [1.807, 2.05) is 72.5 Å². The molecule has 0 spiro atoms. The molecule has 0 aliphatic carbocycles. The average Bonchev–Trinajstić information content (AvgIpc) is 3.05. The summed E-state index contributed by atoms with van der Waals surface area (Å²) in [6.07, 6.45) is 0.608. The van der Waals surface area contributed by atoms with E-state index in [1.165, 1.54) is 4.90 Å². The van der Waals surface area contributed by atoms with E-state index < -0.39 is 0 Å². The summed E-state index contributed by atoms with van der Waals surface area (Å²) in [7, 11) is 0.